The Kier molecular flexibility index (Phi) is 4.49. The highest BCUT2D eigenvalue weighted by atomic mass is 35.5. The van der Waals surface area contributed by atoms with Gasteiger partial charge in [0.15, 0.2) is 5.17 Å². The van der Waals surface area contributed by atoms with Crippen LogP contribution in [0.4, 0.5) is 5.69 Å². The highest BCUT2D eigenvalue weighted by molar-refractivity contribution is 8.14. The molecule has 0 aromatic heterocycles. The van der Waals surface area contributed by atoms with Crippen molar-refractivity contribution in [2.24, 2.45) is 10.4 Å². The van der Waals surface area contributed by atoms with Gasteiger partial charge in [0.05, 0.1) is 10.7 Å². The minimum Gasteiger partial charge on any atom is -0.334 e. The average molecular weight is 329 g/mol. The lowest BCUT2D eigenvalue weighted by atomic mass is 9.75. The zero-order chi connectivity index (χ0) is 14.0. The summed E-state index contributed by atoms with van der Waals surface area (Å²) in [7, 11) is 0. The van der Waals surface area contributed by atoms with Crippen molar-refractivity contribution >= 4 is 45.8 Å². The largest absolute Gasteiger partial charge is 0.334 e. The van der Waals surface area contributed by atoms with Crippen LogP contribution >= 0.6 is 35.0 Å². The summed E-state index contributed by atoms with van der Waals surface area (Å²) >= 11 is 14.0. The SMILES string of the molecule is Clc1ccc(Cl)c(NC2=NCC3(CCCCC3)CS2)c1. The van der Waals surface area contributed by atoms with Gasteiger partial charge in [0.1, 0.15) is 0 Å². The van der Waals surface area contributed by atoms with E-state index in [1.165, 1.54) is 32.1 Å². The maximum absolute atomic E-state index is 6.17. The Bertz CT molecular complexity index is 525. The first kappa shape index (κ1) is 14.6. The van der Waals surface area contributed by atoms with Crippen LogP contribution in [0.1, 0.15) is 32.1 Å². The van der Waals surface area contributed by atoms with Crippen LogP contribution < -0.4 is 5.32 Å². The molecule has 0 atom stereocenters. The highest BCUT2D eigenvalue weighted by Crippen LogP contribution is 2.42. The number of aliphatic imine (C=N–C) groups is 1. The van der Waals surface area contributed by atoms with Crippen molar-refractivity contribution in [2.45, 2.75) is 32.1 Å². The third kappa shape index (κ3) is 3.26. The molecule has 0 bridgehead atoms. The third-order valence-corrected chi connectivity index (χ3v) is 5.98. The van der Waals surface area contributed by atoms with Crippen molar-refractivity contribution in [1.82, 2.24) is 0 Å². The molecule has 0 radical (unpaired) electrons. The van der Waals surface area contributed by atoms with Gasteiger partial charge in [0.2, 0.25) is 0 Å². The van der Waals surface area contributed by atoms with Gasteiger partial charge in [0.25, 0.3) is 0 Å². The minimum atomic E-state index is 0.451. The lowest BCUT2D eigenvalue weighted by Gasteiger charge is -2.38. The predicted molar refractivity (Wildman–Crippen MR) is 90.4 cm³/mol. The molecule has 1 aromatic carbocycles. The van der Waals surface area contributed by atoms with Gasteiger partial charge < -0.3 is 5.32 Å². The van der Waals surface area contributed by atoms with E-state index >= 15 is 0 Å². The van der Waals surface area contributed by atoms with Gasteiger partial charge in [-0.25, -0.2) is 0 Å². The lowest BCUT2D eigenvalue weighted by molar-refractivity contribution is 0.232. The van der Waals surface area contributed by atoms with Crippen molar-refractivity contribution in [3.05, 3.63) is 28.2 Å². The summed E-state index contributed by atoms with van der Waals surface area (Å²) < 4.78 is 0. The number of anilines is 1. The summed E-state index contributed by atoms with van der Waals surface area (Å²) in [6.45, 7) is 0.945. The first-order chi connectivity index (χ1) is 9.67. The van der Waals surface area contributed by atoms with Crippen molar-refractivity contribution in [1.29, 1.82) is 0 Å². The van der Waals surface area contributed by atoms with E-state index < -0.39 is 0 Å². The van der Waals surface area contributed by atoms with Crippen molar-refractivity contribution in [3.8, 4) is 0 Å². The molecule has 2 aliphatic rings. The zero-order valence-corrected chi connectivity index (χ0v) is 13.6. The summed E-state index contributed by atoms with van der Waals surface area (Å²) in [6.07, 6.45) is 6.76. The standard InChI is InChI=1S/C15H18Cl2N2S/c16-11-4-5-12(17)13(8-11)19-14-18-9-15(10-20-14)6-2-1-3-7-15/h4-5,8H,1-3,6-7,9-10H2,(H,18,19). The Hall–Kier alpha value is -0.380. The fourth-order valence-corrected chi connectivity index (χ4v) is 4.44. The smallest absolute Gasteiger partial charge is 0.161 e. The Morgan fingerprint density at radius 2 is 1.95 bits per heavy atom. The number of benzene rings is 1. The number of rotatable bonds is 1. The molecule has 1 aliphatic heterocycles. The number of nitrogens with zero attached hydrogens (tertiary/aromatic N) is 1. The van der Waals surface area contributed by atoms with Gasteiger partial charge >= 0.3 is 0 Å². The zero-order valence-electron chi connectivity index (χ0n) is 11.3. The second-order valence-corrected chi connectivity index (χ2v) is 7.53. The van der Waals surface area contributed by atoms with E-state index in [0.717, 1.165) is 23.2 Å². The van der Waals surface area contributed by atoms with E-state index in [-0.39, 0.29) is 0 Å². The molecule has 1 aliphatic carbocycles. The molecule has 2 nitrogen and oxygen atoms in total. The van der Waals surface area contributed by atoms with Crippen molar-refractivity contribution in [3.63, 3.8) is 0 Å². The normalized spacial score (nSPS) is 21.6. The molecule has 1 aromatic rings. The molecule has 108 valence electrons. The summed E-state index contributed by atoms with van der Waals surface area (Å²) in [5.41, 5.74) is 1.29. The quantitative estimate of drug-likeness (QED) is 0.740. The number of thioether (sulfide) groups is 1. The van der Waals surface area contributed by atoms with Crippen LogP contribution in [0.5, 0.6) is 0 Å². The molecule has 1 N–H and O–H groups in total. The molecule has 3 rings (SSSR count). The second-order valence-electron chi connectivity index (χ2n) is 5.72. The summed E-state index contributed by atoms with van der Waals surface area (Å²) in [4.78, 5) is 4.74. The summed E-state index contributed by atoms with van der Waals surface area (Å²) in [6, 6.07) is 5.45. The van der Waals surface area contributed by atoms with E-state index in [1.807, 2.05) is 23.9 Å². The maximum atomic E-state index is 6.17. The monoisotopic (exact) mass is 328 g/mol. The molecule has 1 heterocycles. The van der Waals surface area contributed by atoms with E-state index in [1.54, 1.807) is 6.07 Å². The molecular formula is C15H18Cl2N2S. The lowest BCUT2D eigenvalue weighted by Crippen LogP contribution is -2.35. The molecule has 20 heavy (non-hydrogen) atoms. The van der Waals surface area contributed by atoms with Gasteiger partial charge in [-0.1, -0.05) is 54.2 Å². The molecule has 0 saturated heterocycles. The molecule has 0 amide bonds. The average Bonchev–Trinajstić information content (AvgIpc) is 2.47. The number of hydrogen-bond donors (Lipinski definition) is 1. The fourth-order valence-electron chi connectivity index (χ4n) is 2.94. The second kappa shape index (κ2) is 6.17. The Labute approximate surface area is 134 Å². The van der Waals surface area contributed by atoms with Crippen LogP contribution in [0.25, 0.3) is 0 Å². The van der Waals surface area contributed by atoms with Crippen LogP contribution in [0.2, 0.25) is 10.0 Å². The Morgan fingerprint density at radius 3 is 2.65 bits per heavy atom. The van der Waals surface area contributed by atoms with Crippen LogP contribution in [-0.4, -0.2) is 17.5 Å². The van der Waals surface area contributed by atoms with Gasteiger partial charge in [-0.15, -0.1) is 0 Å². The number of hydrogen-bond acceptors (Lipinski definition) is 3. The Morgan fingerprint density at radius 1 is 1.15 bits per heavy atom. The first-order valence-corrected chi connectivity index (χ1v) is 8.80. The van der Waals surface area contributed by atoms with Gasteiger partial charge in [-0.2, -0.15) is 0 Å². The molecule has 1 spiro atoms. The Balaban J connectivity index is 1.69. The van der Waals surface area contributed by atoms with Crippen LogP contribution in [0, 0.1) is 5.41 Å². The summed E-state index contributed by atoms with van der Waals surface area (Å²) in [5, 5.41) is 5.63. The molecule has 5 heteroatoms. The number of halogens is 2. The molecule has 0 unspecified atom stereocenters. The van der Waals surface area contributed by atoms with Crippen LogP contribution in [0.15, 0.2) is 23.2 Å². The molecule has 1 saturated carbocycles. The predicted octanol–water partition coefficient (Wildman–Crippen LogP) is 5.46. The van der Waals surface area contributed by atoms with Crippen LogP contribution in [0.3, 0.4) is 0 Å². The first-order valence-electron chi connectivity index (χ1n) is 7.06. The molecular weight excluding hydrogens is 311 g/mol. The van der Waals surface area contributed by atoms with Gasteiger partial charge in [-0.3, -0.25) is 4.99 Å². The van der Waals surface area contributed by atoms with E-state index in [4.69, 9.17) is 28.2 Å². The van der Waals surface area contributed by atoms with Crippen molar-refractivity contribution < 1.29 is 0 Å². The highest BCUT2D eigenvalue weighted by Gasteiger charge is 2.34. The van der Waals surface area contributed by atoms with E-state index in [2.05, 4.69) is 5.32 Å². The van der Waals surface area contributed by atoms with E-state index in [0.29, 0.717) is 15.5 Å². The van der Waals surface area contributed by atoms with Crippen LogP contribution in [-0.2, 0) is 0 Å². The topological polar surface area (TPSA) is 24.4 Å². The third-order valence-electron chi connectivity index (χ3n) is 4.16. The number of nitrogens with one attached hydrogen (secondary N) is 1. The number of amidine groups is 1. The maximum Gasteiger partial charge on any atom is 0.161 e. The van der Waals surface area contributed by atoms with E-state index in [9.17, 15) is 0 Å². The van der Waals surface area contributed by atoms with Crippen molar-refractivity contribution in [2.75, 3.05) is 17.6 Å². The molecule has 1 fully saturated rings. The minimum absolute atomic E-state index is 0.451. The van der Waals surface area contributed by atoms with Gasteiger partial charge in [-0.05, 0) is 36.5 Å². The fraction of sp³-hybridized carbons (Fsp3) is 0.533. The van der Waals surface area contributed by atoms with Gasteiger partial charge in [0, 0.05) is 17.3 Å². The summed E-state index contributed by atoms with van der Waals surface area (Å²) in [5.74, 6) is 1.16.